The second kappa shape index (κ2) is 14.2. The van der Waals surface area contributed by atoms with Crippen LogP contribution < -0.4 is 4.90 Å². The highest BCUT2D eigenvalue weighted by Crippen LogP contribution is 2.48. The van der Waals surface area contributed by atoms with E-state index in [1.807, 2.05) is 48.5 Å². The van der Waals surface area contributed by atoms with Crippen molar-refractivity contribution in [2.45, 2.75) is 37.7 Å². The number of aliphatic hydroxyl groups is 3. The van der Waals surface area contributed by atoms with E-state index in [2.05, 4.69) is 0 Å². The van der Waals surface area contributed by atoms with Gasteiger partial charge < -0.3 is 20.4 Å². The molecule has 0 unspecified atom stereocenters. The number of carbonyl (C=O) groups is 2. The predicted octanol–water partition coefficient (Wildman–Crippen LogP) is 7.37. The van der Waals surface area contributed by atoms with Crippen molar-refractivity contribution >= 4 is 39.9 Å². The number of aliphatic hydroxyl groups excluding tert-OH is 3. The first-order valence-corrected chi connectivity index (χ1v) is 16.4. The van der Waals surface area contributed by atoms with E-state index in [0.717, 1.165) is 22.1 Å². The lowest BCUT2D eigenvalue weighted by molar-refractivity contribution is -0.143. The summed E-state index contributed by atoms with van der Waals surface area (Å²) in [6.07, 6.45) is -9.98. The molecule has 1 aliphatic heterocycles. The Hall–Kier alpha value is -4.98. The Morgan fingerprint density at radius 2 is 1.44 bits per heavy atom. The van der Waals surface area contributed by atoms with E-state index in [0.29, 0.717) is 17.5 Å². The topological polar surface area (TPSA) is 118 Å². The number of benzene rings is 4. The molecular formula is C39H33F6NO6. The van der Waals surface area contributed by atoms with Gasteiger partial charge in [-0.3, -0.25) is 9.59 Å². The smallest absolute Gasteiger partial charge is 0.416 e. The fourth-order valence-electron chi connectivity index (χ4n) is 7.45. The third kappa shape index (κ3) is 6.95. The highest BCUT2D eigenvalue weighted by molar-refractivity contribution is 6.22. The van der Waals surface area contributed by atoms with Crippen molar-refractivity contribution in [1.82, 2.24) is 0 Å². The van der Waals surface area contributed by atoms with Gasteiger partial charge in [-0.15, -0.1) is 0 Å². The second-order valence-corrected chi connectivity index (χ2v) is 12.9. The number of anilines is 1. The SMILES string of the molecule is O=C1[C@@H]2[C@@H](CC(CO)=C([C@H](O)CC/C(=C/c3ccc(O)c4ccccc34)c3ccccc3)[C@@H]2CO)C(=O)N1c1cc(C(F)(F)F)cc(C(F)(F)F)c1. The molecule has 272 valence electrons. The molecule has 4 N–H and O–H groups in total. The van der Waals surface area contributed by atoms with Gasteiger partial charge in [0.1, 0.15) is 5.75 Å². The first-order chi connectivity index (χ1) is 24.6. The maximum Gasteiger partial charge on any atom is 0.416 e. The van der Waals surface area contributed by atoms with Crippen LogP contribution in [0.3, 0.4) is 0 Å². The van der Waals surface area contributed by atoms with Gasteiger partial charge in [-0.25, -0.2) is 4.90 Å². The molecule has 52 heavy (non-hydrogen) atoms. The number of phenols is 1. The van der Waals surface area contributed by atoms with Gasteiger partial charge in [-0.2, -0.15) is 26.3 Å². The number of carbonyl (C=O) groups excluding carboxylic acids is 2. The second-order valence-electron chi connectivity index (χ2n) is 12.9. The molecule has 13 heteroatoms. The first-order valence-electron chi connectivity index (χ1n) is 16.4. The highest BCUT2D eigenvalue weighted by atomic mass is 19.4. The van der Waals surface area contributed by atoms with Crippen molar-refractivity contribution in [2.24, 2.45) is 17.8 Å². The number of imide groups is 1. The lowest BCUT2D eigenvalue weighted by Gasteiger charge is -2.36. The van der Waals surface area contributed by atoms with E-state index in [1.165, 1.54) is 0 Å². The Morgan fingerprint density at radius 3 is 2.04 bits per heavy atom. The van der Waals surface area contributed by atoms with E-state index in [1.54, 1.807) is 24.3 Å². The van der Waals surface area contributed by atoms with Gasteiger partial charge in [0.15, 0.2) is 0 Å². The molecular weight excluding hydrogens is 692 g/mol. The van der Waals surface area contributed by atoms with Gasteiger partial charge in [-0.1, -0.05) is 66.7 Å². The van der Waals surface area contributed by atoms with Crippen molar-refractivity contribution in [2.75, 3.05) is 18.1 Å². The van der Waals surface area contributed by atoms with Gasteiger partial charge in [-0.05, 0) is 76.8 Å². The van der Waals surface area contributed by atoms with Crippen molar-refractivity contribution in [3.05, 3.63) is 118 Å². The van der Waals surface area contributed by atoms with E-state index in [9.17, 15) is 56.4 Å². The van der Waals surface area contributed by atoms with E-state index >= 15 is 0 Å². The summed E-state index contributed by atoms with van der Waals surface area (Å²) >= 11 is 0. The van der Waals surface area contributed by atoms with Crippen LogP contribution in [0.15, 0.2) is 96.1 Å². The van der Waals surface area contributed by atoms with Gasteiger partial charge in [0.05, 0.1) is 48.0 Å². The lowest BCUT2D eigenvalue weighted by Crippen LogP contribution is -2.39. The van der Waals surface area contributed by atoms with Crippen LogP contribution in [0.2, 0.25) is 0 Å². The summed E-state index contributed by atoms with van der Waals surface area (Å²) in [5.41, 5.74) is -1.73. The number of allylic oxidation sites excluding steroid dienone is 1. The van der Waals surface area contributed by atoms with Crippen LogP contribution in [-0.4, -0.2) is 51.6 Å². The Bertz CT molecular complexity index is 2040. The number of alkyl halides is 6. The minimum Gasteiger partial charge on any atom is -0.507 e. The van der Waals surface area contributed by atoms with Crippen LogP contribution in [0.1, 0.15) is 41.5 Å². The highest BCUT2D eigenvalue weighted by Gasteiger charge is 2.55. The van der Waals surface area contributed by atoms with Crippen LogP contribution in [-0.2, 0) is 21.9 Å². The number of aromatic hydroxyl groups is 1. The normalized spacial score (nSPS) is 20.5. The van der Waals surface area contributed by atoms with Gasteiger partial charge in [0.25, 0.3) is 0 Å². The van der Waals surface area contributed by atoms with Crippen LogP contribution in [0.5, 0.6) is 5.75 Å². The van der Waals surface area contributed by atoms with E-state index in [4.69, 9.17) is 0 Å². The molecule has 0 saturated carbocycles. The number of hydrogen-bond acceptors (Lipinski definition) is 6. The molecule has 7 nitrogen and oxygen atoms in total. The molecule has 1 saturated heterocycles. The number of rotatable bonds is 9. The summed E-state index contributed by atoms with van der Waals surface area (Å²) in [7, 11) is 0. The maximum absolute atomic E-state index is 13.8. The van der Waals surface area contributed by atoms with Crippen LogP contribution in [0.4, 0.5) is 32.0 Å². The van der Waals surface area contributed by atoms with Crippen LogP contribution in [0, 0.1) is 17.8 Å². The van der Waals surface area contributed by atoms with Gasteiger partial charge in [0, 0.05) is 11.3 Å². The Kier molecular flexibility index (Phi) is 10.1. The molecule has 2 aliphatic rings. The third-order valence-corrected chi connectivity index (χ3v) is 9.86. The van der Waals surface area contributed by atoms with Gasteiger partial charge >= 0.3 is 12.4 Å². The number of halogens is 6. The fourth-order valence-corrected chi connectivity index (χ4v) is 7.45. The summed E-state index contributed by atoms with van der Waals surface area (Å²) in [5.74, 6) is -6.09. The summed E-state index contributed by atoms with van der Waals surface area (Å²) in [6, 6.07) is 20.3. The molecule has 1 aliphatic carbocycles. The van der Waals surface area contributed by atoms with Crippen LogP contribution in [0.25, 0.3) is 22.4 Å². The molecule has 4 aromatic carbocycles. The maximum atomic E-state index is 13.8. The average Bonchev–Trinajstić information content (AvgIpc) is 3.37. The predicted molar refractivity (Wildman–Crippen MR) is 180 cm³/mol. The minimum absolute atomic E-state index is 0.0118. The lowest BCUT2D eigenvalue weighted by atomic mass is 9.68. The van der Waals surface area contributed by atoms with Crippen molar-refractivity contribution < 1.29 is 56.4 Å². The average molecular weight is 726 g/mol. The zero-order valence-electron chi connectivity index (χ0n) is 27.3. The fraction of sp³-hybridized carbons (Fsp3) is 0.282. The third-order valence-electron chi connectivity index (χ3n) is 9.86. The molecule has 4 aromatic rings. The number of amides is 2. The Morgan fingerprint density at radius 1 is 0.827 bits per heavy atom. The van der Waals surface area contributed by atoms with Crippen molar-refractivity contribution in [3.63, 3.8) is 0 Å². The first kappa shape index (κ1) is 36.8. The molecule has 1 fully saturated rings. The number of nitrogens with zero attached hydrogens (tertiary/aromatic N) is 1. The van der Waals surface area contributed by atoms with E-state index in [-0.39, 0.29) is 47.1 Å². The quantitative estimate of drug-likeness (QED) is 0.0620. The summed E-state index contributed by atoms with van der Waals surface area (Å²) in [6.45, 7) is -1.49. The van der Waals surface area contributed by atoms with Crippen molar-refractivity contribution in [3.8, 4) is 5.75 Å². The standard InChI is InChI=1S/C39H33F6NO6/c40-38(41,42)25-16-26(39(43,44)45)18-27(17-25)46-36(51)30-15-24(19-47)34(31(20-48)35(30)37(46)52)33(50)13-10-22(21-6-2-1-3-7-21)14-23-11-12-32(49)29-9-5-4-8-28(23)29/h1-9,11-12,14,16-18,30-31,33,35,47-50H,10,13,15,19-20H2/b22-14-/t30-,31+,33-,35-/m1/s1. The molecule has 0 spiro atoms. The molecule has 1 heterocycles. The molecule has 6 rings (SSSR count). The molecule has 2 amide bonds. The largest absolute Gasteiger partial charge is 0.507 e. The zero-order valence-corrected chi connectivity index (χ0v) is 27.3. The number of fused-ring (bicyclic) bond motifs is 2. The molecule has 4 atom stereocenters. The monoisotopic (exact) mass is 725 g/mol. The molecule has 0 bridgehead atoms. The minimum atomic E-state index is -5.23. The Labute approximate surface area is 293 Å². The number of phenolic OH excluding ortho intramolecular Hbond substituents is 1. The molecule has 0 aromatic heterocycles. The summed E-state index contributed by atoms with van der Waals surface area (Å²) < 4.78 is 81.9. The molecule has 0 radical (unpaired) electrons. The number of hydrogen-bond donors (Lipinski definition) is 4. The zero-order chi connectivity index (χ0) is 37.5. The Balaban J connectivity index is 1.33. The summed E-state index contributed by atoms with van der Waals surface area (Å²) in [4.78, 5) is 27.7. The van der Waals surface area contributed by atoms with Crippen molar-refractivity contribution in [1.29, 1.82) is 0 Å². The summed E-state index contributed by atoms with van der Waals surface area (Å²) in [5, 5.41) is 44.4. The van der Waals surface area contributed by atoms with E-state index < -0.39 is 78.1 Å². The van der Waals surface area contributed by atoms with Crippen LogP contribution >= 0.6 is 0 Å². The van der Waals surface area contributed by atoms with Gasteiger partial charge in [0.2, 0.25) is 11.8 Å².